The number of hydrogen-bond acceptors (Lipinski definition) is 3. The lowest BCUT2D eigenvalue weighted by molar-refractivity contribution is 0.136. The van der Waals surface area contributed by atoms with Crippen LogP contribution in [0.15, 0.2) is 30.3 Å². The van der Waals surface area contributed by atoms with Gasteiger partial charge in [-0.2, -0.15) is 0 Å². The smallest absolute Gasteiger partial charge is 0.407 e. The fourth-order valence-corrected chi connectivity index (χ4v) is 2.39. The first-order chi connectivity index (χ1) is 9.24. The molecular formula is C15H22N2O2. The first-order valence-electron chi connectivity index (χ1n) is 6.94. The van der Waals surface area contributed by atoms with Crippen LogP contribution in [0.2, 0.25) is 0 Å². The van der Waals surface area contributed by atoms with Gasteiger partial charge in [0.15, 0.2) is 0 Å². The summed E-state index contributed by atoms with van der Waals surface area (Å²) in [4.78, 5) is 11.6. The van der Waals surface area contributed by atoms with Crippen molar-refractivity contribution in [2.75, 3.05) is 6.54 Å². The zero-order chi connectivity index (χ0) is 13.5. The highest BCUT2D eigenvalue weighted by Crippen LogP contribution is 2.22. The van der Waals surface area contributed by atoms with E-state index >= 15 is 0 Å². The molecule has 1 aliphatic carbocycles. The molecule has 2 rings (SSSR count). The number of amides is 1. The average Bonchev–Trinajstić information content (AvgIpc) is 2.45. The van der Waals surface area contributed by atoms with E-state index in [1.807, 2.05) is 30.3 Å². The summed E-state index contributed by atoms with van der Waals surface area (Å²) in [6.07, 6.45) is 3.98. The highest BCUT2D eigenvalue weighted by atomic mass is 16.5. The second-order valence-corrected chi connectivity index (χ2v) is 5.22. The number of nitrogens with two attached hydrogens (primary N) is 1. The molecule has 1 aliphatic rings. The van der Waals surface area contributed by atoms with E-state index in [-0.39, 0.29) is 6.09 Å². The number of benzene rings is 1. The lowest BCUT2D eigenvalue weighted by atomic mass is 9.86. The van der Waals surface area contributed by atoms with Gasteiger partial charge in [0.05, 0.1) is 0 Å². The van der Waals surface area contributed by atoms with Crippen molar-refractivity contribution in [3.05, 3.63) is 35.9 Å². The van der Waals surface area contributed by atoms with Crippen LogP contribution >= 0.6 is 0 Å². The molecule has 0 aromatic heterocycles. The van der Waals surface area contributed by atoms with Gasteiger partial charge in [0.1, 0.15) is 6.61 Å². The summed E-state index contributed by atoms with van der Waals surface area (Å²) >= 11 is 0. The molecule has 104 valence electrons. The van der Waals surface area contributed by atoms with Crippen LogP contribution in [0.1, 0.15) is 31.2 Å². The van der Waals surface area contributed by atoms with E-state index in [9.17, 15) is 4.79 Å². The van der Waals surface area contributed by atoms with Crippen LogP contribution in [0.4, 0.5) is 4.79 Å². The van der Waals surface area contributed by atoms with Gasteiger partial charge in [-0.05, 0) is 37.2 Å². The van der Waals surface area contributed by atoms with Crippen molar-refractivity contribution in [1.29, 1.82) is 0 Å². The minimum absolute atomic E-state index is 0.322. The number of alkyl carbamates (subject to hydrolysis) is 1. The summed E-state index contributed by atoms with van der Waals surface area (Å²) in [6.45, 7) is 1.02. The second kappa shape index (κ2) is 7.14. The van der Waals surface area contributed by atoms with Crippen molar-refractivity contribution in [2.45, 2.75) is 38.3 Å². The van der Waals surface area contributed by atoms with Gasteiger partial charge >= 0.3 is 6.09 Å². The quantitative estimate of drug-likeness (QED) is 0.876. The summed E-state index contributed by atoms with van der Waals surface area (Å²) < 4.78 is 5.17. The Bertz CT molecular complexity index is 386. The van der Waals surface area contributed by atoms with E-state index in [2.05, 4.69) is 5.32 Å². The lowest BCUT2D eigenvalue weighted by Gasteiger charge is -2.25. The van der Waals surface area contributed by atoms with Crippen molar-refractivity contribution >= 4 is 6.09 Å². The molecule has 0 unspecified atom stereocenters. The van der Waals surface area contributed by atoms with Gasteiger partial charge in [0, 0.05) is 12.6 Å². The SMILES string of the molecule is NC1CCC(CNC(=O)OCc2ccccc2)CC1. The van der Waals surface area contributed by atoms with Crippen molar-refractivity contribution in [3.63, 3.8) is 0 Å². The molecule has 4 heteroatoms. The molecule has 0 aliphatic heterocycles. The Morgan fingerprint density at radius 2 is 1.89 bits per heavy atom. The maximum Gasteiger partial charge on any atom is 0.407 e. The summed E-state index contributed by atoms with van der Waals surface area (Å²) in [5.41, 5.74) is 6.85. The van der Waals surface area contributed by atoms with Gasteiger partial charge in [-0.1, -0.05) is 30.3 Å². The largest absolute Gasteiger partial charge is 0.445 e. The molecule has 1 aromatic carbocycles. The monoisotopic (exact) mass is 262 g/mol. The normalized spacial score (nSPS) is 22.8. The maximum absolute atomic E-state index is 11.6. The molecule has 0 bridgehead atoms. The van der Waals surface area contributed by atoms with E-state index < -0.39 is 0 Å². The van der Waals surface area contributed by atoms with Crippen LogP contribution in [0.3, 0.4) is 0 Å². The molecule has 4 nitrogen and oxygen atoms in total. The minimum Gasteiger partial charge on any atom is -0.445 e. The molecule has 1 saturated carbocycles. The summed E-state index contributed by atoms with van der Waals surface area (Å²) in [7, 11) is 0. The van der Waals surface area contributed by atoms with Gasteiger partial charge in [-0.15, -0.1) is 0 Å². The van der Waals surface area contributed by atoms with Crippen molar-refractivity contribution < 1.29 is 9.53 Å². The number of ether oxygens (including phenoxy) is 1. The van der Waals surface area contributed by atoms with Crippen LogP contribution in [-0.4, -0.2) is 18.7 Å². The zero-order valence-corrected chi connectivity index (χ0v) is 11.2. The van der Waals surface area contributed by atoms with E-state index in [0.29, 0.717) is 25.1 Å². The molecule has 19 heavy (non-hydrogen) atoms. The molecule has 0 saturated heterocycles. The molecular weight excluding hydrogens is 240 g/mol. The Kier molecular flexibility index (Phi) is 5.21. The topological polar surface area (TPSA) is 64.3 Å². The van der Waals surface area contributed by atoms with E-state index in [1.54, 1.807) is 0 Å². The third kappa shape index (κ3) is 4.91. The Hall–Kier alpha value is -1.55. The first kappa shape index (κ1) is 13.9. The fraction of sp³-hybridized carbons (Fsp3) is 0.533. The zero-order valence-electron chi connectivity index (χ0n) is 11.2. The molecule has 1 aromatic rings. The van der Waals surface area contributed by atoms with Crippen LogP contribution in [0.25, 0.3) is 0 Å². The van der Waals surface area contributed by atoms with E-state index in [4.69, 9.17) is 10.5 Å². The molecule has 3 N–H and O–H groups in total. The Labute approximate surface area is 114 Å². The predicted octanol–water partition coefficient (Wildman–Crippen LogP) is 2.43. The summed E-state index contributed by atoms with van der Waals surface area (Å²) in [5, 5.41) is 2.84. The number of carbonyl (C=O) groups excluding carboxylic acids is 1. The fourth-order valence-electron chi connectivity index (χ4n) is 2.39. The van der Waals surface area contributed by atoms with Crippen LogP contribution in [0, 0.1) is 5.92 Å². The lowest BCUT2D eigenvalue weighted by Crippen LogP contribution is -2.34. The molecule has 0 atom stereocenters. The predicted molar refractivity (Wildman–Crippen MR) is 74.6 cm³/mol. The Morgan fingerprint density at radius 1 is 1.21 bits per heavy atom. The van der Waals surface area contributed by atoms with Crippen molar-refractivity contribution in [3.8, 4) is 0 Å². The molecule has 1 fully saturated rings. The van der Waals surface area contributed by atoms with Gasteiger partial charge in [0.2, 0.25) is 0 Å². The Morgan fingerprint density at radius 3 is 2.58 bits per heavy atom. The van der Waals surface area contributed by atoms with Crippen molar-refractivity contribution in [1.82, 2.24) is 5.32 Å². The molecule has 1 amide bonds. The maximum atomic E-state index is 11.6. The minimum atomic E-state index is -0.335. The highest BCUT2D eigenvalue weighted by molar-refractivity contribution is 5.67. The summed E-state index contributed by atoms with van der Waals surface area (Å²) in [6, 6.07) is 10.0. The molecule has 0 heterocycles. The third-order valence-electron chi connectivity index (χ3n) is 3.64. The molecule has 0 radical (unpaired) electrons. The van der Waals surface area contributed by atoms with Gasteiger partial charge in [0.25, 0.3) is 0 Å². The number of rotatable bonds is 4. The van der Waals surface area contributed by atoms with Crippen LogP contribution < -0.4 is 11.1 Å². The highest BCUT2D eigenvalue weighted by Gasteiger charge is 2.19. The number of hydrogen-bond donors (Lipinski definition) is 2. The van der Waals surface area contributed by atoms with E-state index in [0.717, 1.165) is 31.2 Å². The molecule has 0 spiro atoms. The van der Waals surface area contributed by atoms with Crippen molar-refractivity contribution in [2.24, 2.45) is 11.7 Å². The van der Waals surface area contributed by atoms with Gasteiger partial charge in [-0.25, -0.2) is 4.79 Å². The van der Waals surface area contributed by atoms with Crippen LogP contribution in [-0.2, 0) is 11.3 Å². The standard InChI is InChI=1S/C15H22N2O2/c16-14-8-6-12(7-9-14)10-17-15(18)19-11-13-4-2-1-3-5-13/h1-5,12,14H,6-11,16H2,(H,17,18). The Balaban J connectivity index is 1.62. The summed E-state index contributed by atoms with van der Waals surface area (Å²) in [5.74, 6) is 0.545. The number of carbonyl (C=O) groups is 1. The average molecular weight is 262 g/mol. The second-order valence-electron chi connectivity index (χ2n) is 5.22. The first-order valence-corrected chi connectivity index (χ1v) is 6.94. The van der Waals surface area contributed by atoms with E-state index in [1.165, 1.54) is 0 Å². The number of nitrogens with one attached hydrogen (secondary N) is 1. The van der Waals surface area contributed by atoms with Gasteiger partial charge < -0.3 is 15.8 Å². The van der Waals surface area contributed by atoms with Gasteiger partial charge in [-0.3, -0.25) is 0 Å². The van der Waals surface area contributed by atoms with Crippen LogP contribution in [0.5, 0.6) is 0 Å². The third-order valence-corrected chi connectivity index (χ3v) is 3.64.